The van der Waals surface area contributed by atoms with Gasteiger partial charge < -0.3 is 4.74 Å². The minimum absolute atomic E-state index is 0.316. The normalized spacial score (nSPS) is 22.9. The number of morpholine rings is 1. The van der Waals surface area contributed by atoms with Crippen LogP contribution in [-0.2, 0) is 14.8 Å². The van der Waals surface area contributed by atoms with Crippen LogP contribution in [-0.4, -0.2) is 43.8 Å². The van der Waals surface area contributed by atoms with Crippen LogP contribution in [0.25, 0.3) is 0 Å². The van der Waals surface area contributed by atoms with Gasteiger partial charge in [-0.15, -0.1) is 0 Å². The molecule has 6 heteroatoms. The van der Waals surface area contributed by atoms with E-state index in [0.717, 1.165) is 0 Å². The van der Waals surface area contributed by atoms with Crippen LogP contribution in [0.2, 0.25) is 0 Å². The van der Waals surface area contributed by atoms with Crippen LogP contribution in [0.1, 0.15) is 13.8 Å². The first-order valence-corrected chi connectivity index (χ1v) is 5.97. The molecule has 1 aliphatic heterocycles. The van der Waals surface area contributed by atoms with Crippen LogP contribution >= 0.6 is 0 Å². The van der Waals surface area contributed by atoms with E-state index in [0.29, 0.717) is 19.7 Å². The summed E-state index contributed by atoms with van der Waals surface area (Å²) in [6, 6.07) is 1.66. The van der Waals surface area contributed by atoms with Crippen molar-refractivity contribution in [3.05, 3.63) is 0 Å². The fourth-order valence-electron chi connectivity index (χ4n) is 1.38. The fraction of sp³-hybridized carbons (Fsp3) is 0.875. The van der Waals surface area contributed by atoms with E-state index in [1.165, 1.54) is 4.31 Å². The standard InChI is InChI=1S/C8H14N2O3S/c1-8(2)7-10(4-5-13-8)14(11,12)6-3-9/h4-7H2,1-2H3. The molecule has 0 aromatic carbocycles. The van der Waals surface area contributed by atoms with E-state index in [-0.39, 0.29) is 0 Å². The van der Waals surface area contributed by atoms with Gasteiger partial charge in [0.25, 0.3) is 0 Å². The zero-order valence-electron chi connectivity index (χ0n) is 8.36. The zero-order chi connectivity index (χ0) is 10.8. The summed E-state index contributed by atoms with van der Waals surface area (Å²) in [5, 5.41) is 8.38. The molecule has 1 rings (SSSR count). The van der Waals surface area contributed by atoms with Gasteiger partial charge in [0.1, 0.15) is 0 Å². The van der Waals surface area contributed by atoms with Gasteiger partial charge in [-0.25, -0.2) is 8.42 Å². The number of nitriles is 1. The largest absolute Gasteiger partial charge is 0.373 e. The predicted molar refractivity (Wildman–Crippen MR) is 51.0 cm³/mol. The van der Waals surface area contributed by atoms with Crippen molar-refractivity contribution in [3.8, 4) is 6.07 Å². The summed E-state index contributed by atoms with van der Waals surface area (Å²) in [5.41, 5.74) is -0.458. The second kappa shape index (κ2) is 3.85. The van der Waals surface area contributed by atoms with Gasteiger partial charge in [0.2, 0.25) is 10.0 Å². The molecule has 0 aliphatic carbocycles. The first-order valence-electron chi connectivity index (χ1n) is 4.36. The lowest BCUT2D eigenvalue weighted by Gasteiger charge is -2.36. The van der Waals surface area contributed by atoms with Crippen molar-refractivity contribution in [2.24, 2.45) is 0 Å². The van der Waals surface area contributed by atoms with E-state index in [2.05, 4.69) is 0 Å². The fourth-order valence-corrected chi connectivity index (χ4v) is 2.59. The third kappa shape index (κ3) is 2.67. The number of sulfonamides is 1. The van der Waals surface area contributed by atoms with Crippen molar-refractivity contribution in [3.63, 3.8) is 0 Å². The molecular formula is C8H14N2O3S. The highest BCUT2D eigenvalue weighted by atomic mass is 32.2. The molecule has 0 bridgehead atoms. The molecule has 1 saturated heterocycles. The number of rotatable bonds is 2. The highest BCUT2D eigenvalue weighted by Crippen LogP contribution is 2.18. The van der Waals surface area contributed by atoms with E-state index in [1.807, 2.05) is 13.8 Å². The lowest BCUT2D eigenvalue weighted by atomic mass is 10.1. The summed E-state index contributed by atoms with van der Waals surface area (Å²) in [6.45, 7) is 4.71. The average molecular weight is 218 g/mol. The molecular weight excluding hydrogens is 204 g/mol. The Hall–Kier alpha value is -0.640. The van der Waals surface area contributed by atoms with Crippen molar-refractivity contribution < 1.29 is 13.2 Å². The monoisotopic (exact) mass is 218 g/mol. The molecule has 14 heavy (non-hydrogen) atoms. The predicted octanol–water partition coefficient (Wildman–Crippen LogP) is -0.0494. The van der Waals surface area contributed by atoms with Crippen LogP contribution in [0.4, 0.5) is 0 Å². The van der Waals surface area contributed by atoms with Crippen molar-refractivity contribution >= 4 is 10.0 Å². The van der Waals surface area contributed by atoms with Gasteiger partial charge in [0.05, 0.1) is 18.3 Å². The Balaban J connectivity index is 2.76. The van der Waals surface area contributed by atoms with Gasteiger partial charge in [0, 0.05) is 13.1 Å². The Morgan fingerprint density at radius 3 is 2.71 bits per heavy atom. The third-order valence-electron chi connectivity index (χ3n) is 2.03. The molecule has 0 N–H and O–H groups in total. The van der Waals surface area contributed by atoms with E-state index in [9.17, 15) is 8.42 Å². The first-order chi connectivity index (χ1) is 6.37. The van der Waals surface area contributed by atoms with Crippen LogP contribution in [0.3, 0.4) is 0 Å². The minimum atomic E-state index is -3.41. The number of hydrogen-bond acceptors (Lipinski definition) is 4. The average Bonchev–Trinajstić information content (AvgIpc) is 2.02. The van der Waals surface area contributed by atoms with E-state index >= 15 is 0 Å². The highest BCUT2D eigenvalue weighted by molar-refractivity contribution is 7.89. The maximum atomic E-state index is 11.5. The highest BCUT2D eigenvalue weighted by Gasteiger charge is 2.33. The van der Waals surface area contributed by atoms with Crippen molar-refractivity contribution in [2.45, 2.75) is 19.4 Å². The van der Waals surface area contributed by atoms with Gasteiger partial charge >= 0.3 is 0 Å². The summed E-state index contributed by atoms with van der Waals surface area (Å²) >= 11 is 0. The van der Waals surface area contributed by atoms with Gasteiger partial charge in [-0.05, 0) is 13.8 Å². The lowest BCUT2D eigenvalue weighted by molar-refractivity contribution is -0.0639. The third-order valence-corrected chi connectivity index (χ3v) is 3.62. The van der Waals surface area contributed by atoms with Gasteiger partial charge in [-0.1, -0.05) is 0 Å². The molecule has 0 amide bonds. The maximum absolute atomic E-state index is 11.5. The molecule has 5 nitrogen and oxygen atoms in total. The van der Waals surface area contributed by atoms with Gasteiger partial charge in [-0.2, -0.15) is 9.57 Å². The minimum Gasteiger partial charge on any atom is -0.373 e. The Morgan fingerprint density at radius 2 is 2.21 bits per heavy atom. The Kier molecular flexibility index (Phi) is 3.14. The molecule has 80 valence electrons. The van der Waals surface area contributed by atoms with Crippen LogP contribution in [0.15, 0.2) is 0 Å². The van der Waals surface area contributed by atoms with Gasteiger partial charge in [0.15, 0.2) is 5.75 Å². The second-order valence-corrected chi connectivity index (χ2v) is 5.82. The molecule has 0 aromatic rings. The molecule has 1 fully saturated rings. The van der Waals surface area contributed by atoms with Crippen LogP contribution < -0.4 is 0 Å². The maximum Gasteiger partial charge on any atom is 0.227 e. The van der Waals surface area contributed by atoms with Crippen molar-refractivity contribution in [2.75, 3.05) is 25.4 Å². The lowest BCUT2D eigenvalue weighted by Crippen LogP contribution is -2.50. The summed E-state index contributed by atoms with van der Waals surface area (Å²) in [5.74, 6) is -0.455. The molecule has 1 aliphatic rings. The Bertz CT molecular complexity index is 342. The second-order valence-electron chi connectivity index (χ2n) is 3.86. The van der Waals surface area contributed by atoms with E-state index in [4.69, 9.17) is 10.00 Å². The van der Waals surface area contributed by atoms with Crippen molar-refractivity contribution in [1.29, 1.82) is 5.26 Å². The number of ether oxygens (including phenoxy) is 1. The number of hydrogen-bond donors (Lipinski definition) is 0. The van der Waals surface area contributed by atoms with E-state index in [1.54, 1.807) is 6.07 Å². The zero-order valence-corrected chi connectivity index (χ0v) is 9.17. The summed E-state index contributed by atoms with van der Waals surface area (Å²) in [4.78, 5) is 0. The molecule has 0 radical (unpaired) electrons. The van der Waals surface area contributed by atoms with Crippen LogP contribution in [0.5, 0.6) is 0 Å². The quantitative estimate of drug-likeness (QED) is 0.651. The summed E-state index contributed by atoms with van der Waals surface area (Å²) < 4.78 is 29.7. The Morgan fingerprint density at radius 1 is 1.57 bits per heavy atom. The summed E-state index contributed by atoms with van der Waals surface area (Å²) in [6.07, 6.45) is 0. The smallest absolute Gasteiger partial charge is 0.227 e. The molecule has 0 unspecified atom stereocenters. The van der Waals surface area contributed by atoms with Crippen molar-refractivity contribution in [1.82, 2.24) is 4.31 Å². The number of nitrogens with zero attached hydrogens (tertiary/aromatic N) is 2. The first kappa shape index (κ1) is 11.4. The topological polar surface area (TPSA) is 70.4 Å². The van der Waals surface area contributed by atoms with Crippen LogP contribution in [0, 0.1) is 11.3 Å². The molecule has 0 saturated carbocycles. The SMILES string of the molecule is CC1(C)CN(S(=O)(=O)CC#N)CCO1. The van der Waals surface area contributed by atoms with E-state index < -0.39 is 21.4 Å². The molecule has 1 heterocycles. The summed E-state index contributed by atoms with van der Waals surface area (Å²) in [7, 11) is -3.41. The Labute approximate surface area is 84.3 Å². The molecule has 0 atom stereocenters. The van der Waals surface area contributed by atoms with Gasteiger partial charge in [-0.3, -0.25) is 0 Å². The molecule has 0 aromatic heterocycles. The molecule has 0 spiro atoms.